The van der Waals surface area contributed by atoms with Crippen LogP contribution in [0.3, 0.4) is 0 Å². The van der Waals surface area contributed by atoms with Crippen LogP contribution in [-0.4, -0.2) is 21.2 Å². The first-order valence-electron chi connectivity index (χ1n) is 13.3. The Kier molecular flexibility index (Phi) is 6.94. The lowest BCUT2D eigenvalue weighted by Crippen LogP contribution is -2.43. The number of carbonyl (C=O) groups excluding carboxylic acids is 1. The van der Waals surface area contributed by atoms with Crippen LogP contribution in [0.1, 0.15) is 54.6 Å². The minimum atomic E-state index is -0.173. The molecule has 38 heavy (non-hydrogen) atoms. The molecule has 2 aliphatic carbocycles. The van der Waals surface area contributed by atoms with Gasteiger partial charge >= 0.3 is 0 Å². The molecule has 1 saturated carbocycles. The summed E-state index contributed by atoms with van der Waals surface area (Å²) in [6.07, 6.45) is 7.98. The quantitative estimate of drug-likeness (QED) is 0.247. The van der Waals surface area contributed by atoms with Gasteiger partial charge in [-0.15, -0.1) is 0 Å². The summed E-state index contributed by atoms with van der Waals surface area (Å²) in [6.45, 7) is 0.755. The fourth-order valence-electron chi connectivity index (χ4n) is 6.02. The van der Waals surface area contributed by atoms with Crippen LogP contribution >= 0.6 is 11.8 Å². The molecule has 0 unspecified atom stereocenters. The Morgan fingerprint density at radius 2 is 1.79 bits per heavy atom. The van der Waals surface area contributed by atoms with Crippen molar-refractivity contribution in [3.8, 4) is 11.3 Å². The predicted octanol–water partition coefficient (Wildman–Crippen LogP) is 5.72. The highest BCUT2D eigenvalue weighted by Crippen LogP contribution is 2.48. The predicted molar refractivity (Wildman–Crippen MR) is 149 cm³/mol. The van der Waals surface area contributed by atoms with E-state index in [2.05, 4.69) is 23.5 Å². The fraction of sp³-hybridized carbons (Fsp3) is 0.323. The molecule has 1 fully saturated rings. The van der Waals surface area contributed by atoms with E-state index in [1.54, 1.807) is 16.9 Å². The number of thioether (sulfide) groups is 1. The molecular weight excluding hydrogens is 494 g/mol. The van der Waals surface area contributed by atoms with Crippen LogP contribution in [0.5, 0.6) is 0 Å². The maximum Gasteiger partial charge on any atom is 0.258 e. The van der Waals surface area contributed by atoms with Gasteiger partial charge < -0.3 is 9.73 Å². The molecule has 1 spiro atoms. The number of aromatic nitrogens is 2. The fourth-order valence-corrected chi connectivity index (χ4v) is 6.84. The highest BCUT2D eigenvalue weighted by Gasteiger charge is 2.43. The number of nitrogens with zero attached hydrogens (tertiary/aromatic N) is 2. The van der Waals surface area contributed by atoms with Gasteiger partial charge in [0, 0.05) is 11.0 Å². The number of amides is 1. The van der Waals surface area contributed by atoms with E-state index in [0.29, 0.717) is 24.0 Å². The van der Waals surface area contributed by atoms with Crippen molar-refractivity contribution < 1.29 is 9.21 Å². The normalized spacial score (nSPS) is 15.6. The second kappa shape index (κ2) is 10.7. The summed E-state index contributed by atoms with van der Waals surface area (Å²) in [5.74, 6) is 0.729. The van der Waals surface area contributed by atoms with Crippen molar-refractivity contribution in [3.63, 3.8) is 0 Å². The van der Waals surface area contributed by atoms with Crippen molar-refractivity contribution in [3.05, 3.63) is 106 Å². The summed E-state index contributed by atoms with van der Waals surface area (Å²) < 4.78 is 7.11. The van der Waals surface area contributed by atoms with Crippen LogP contribution in [0, 0.1) is 0 Å². The van der Waals surface area contributed by atoms with Crippen LogP contribution in [0.15, 0.2) is 87.4 Å². The number of carbonyl (C=O) groups is 1. The Morgan fingerprint density at radius 3 is 2.58 bits per heavy atom. The van der Waals surface area contributed by atoms with Gasteiger partial charge in [0.25, 0.3) is 5.56 Å². The third-order valence-electron chi connectivity index (χ3n) is 7.83. The van der Waals surface area contributed by atoms with Crippen molar-refractivity contribution in [2.24, 2.45) is 0 Å². The average molecular weight is 526 g/mol. The van der Waals surface area contributed by atoms with Gasteiger partial charge in [-0.2, -0.15) is 0 Å². The summed E-state index contributed by atoms with van der Waals surface area (Å²) in [6, 6.07) is 22.0. The van der Waals surface area contributed by atoms with Gasteiger partial charge in [0.2, 0.25) is 5.91 Å². The number of hydrogen-bond acceptors (Lipinski definition) is 5. The summed E-state index contributed by atoms with van der Waals surface area (Å²) in [7, 11) is 0. The van der Waals surface area contributed by atoms with E-state index < -0.39 is 0 Å². The highest BCUT2D eigenvalue weighted by molar-refractivity contribution is 7.99. The summed E-state index contributed by atoms with van der Waals surface area (Å²) in [4.78, 5) is 32.3. The van der Waals surface area contributed by atoms with E-state index in [1.807, 2.05) is 42.5 Å². The molecule has 0 atom stereocenters. The van der Waals surface area contributed by atoms with Crippen molar-refractivity contribution >= 4 is 17.7 Å². The van der Waals surface area contributed by atoms with E-state index in [0.717, 1.165) is 54.5 Å². The lowest BCUT2D eigenvalue weighted by Gasteiger charge is -2.42. The van der Waals surface area contributed by atoms with Crippen molar-refractivity contribution in [1.82, 2.24) is 14.9 Å². The minimum Gasteiger partial charge on any atom is -0.467 e. The monoisotopic (exact) mass is 525 g/mol. The van der Waals surface area contributed by atoms with Gasteiger partial charge in [-0.3, -0.25) is 14.2 Å². The van der Waals surface area contributed by atoms with Crippen molar-refractivity contribution in [1.29, 1.82) is 0 Å². The maximum atomic E-state index is 14.4. The van der Waals surface area contributed by atoms with E-state index >= 15 is 0 Å². The van der Waals surface area contributed by atoms with Crippen molar-refractivity contribution in [2.45, 2.75) is 62.2 Å². The maximum absolute atomic E-state index is 14.4. The van der Waals surface area contributed by atoms with Crippen LogP contribution in [-0.2, 0) is 29.7 Å². The standard InChI is InChI=1S/C31H31N3O3S/c35-26(32-19-24-13-9-17-37-24)21-38-30-33-28-25-14-6-5-12-23(25)18-31(15-7-2-8-16-31)27(28)29(36)34(30)20-22-10-3-1-4-11-22/h1,3-6,9-14,17H,2,7-8,15-16,18-21H2,(H,32,35). The first kappa shape index (κ1) is 24.7. The topological polar surface area (TPSA) is 77.1 Å². The van der Waals surface area contributed by atoms with E-state index in [-0.39, 0.29) is 22.6 Å². The lowest BCUT2D eigenvalue weighted by atomic mass is 9.62. The third-order valence-corrected chi connectivity index (χ3v) is 8.81. The largest absolute Gasteiger partial charge is 0.467 e. The van der Waals surface area contributed by atoms with Gasteiger partial charge in [0.1, 0.15) is 5.76 Å². The molecule has 2 aromatic carbocycles. The Morgan fingerprint density at radius 1 is 1.00 bits per heavy atom. The second-order valence-corrected chi connectivity index (χ2v) is 11.3. The molecule has 6 rings (SSSR count). The summed E-state index contributed by atoms with van der Waals surface area (Å²) >= 11 is 1.32. The van der Waals surface area contributed by atoms with Crippen LogP contribution in [0.2, 0.25) is 0 Å². The van der Waals surface area contributed by atoms with Gasteiger partial charge in [-0.05, 0) is 42.5 Å². The zero-order valence-electron chi connectivity index (χ0n) is 21.3. The molecule has 0 radical (unpaired) electrons. The SMILES string of the molecule is O=C(CSc1nc2c(c(=O)n1Cc1ccccc1)C1(CCCCC1)Cc1ccccc1-2)NCc1ccco1. The van der Waals surface area contributed by atoms with E-state index in [4.69, 9.17) is 9.40 Å². The smallest absolute Gasteiger partial charge is 0.258 e. The van der Waals surface area contributed by atoms with E-state index in [9.17, 15) is 9.59 Å². The molecule has 7 heteroatoms. The molecular formula is C31H31N3O3S. The molecule has 6 nitrogen and oxygen atoms in total. The Bertz CT molecular complexity index is 1490. The Hall–Kier alpha value is -3.58. The number of fused-ring (bicyclic) bond motifs is 4. The molecule has 2 heterocycles. The number of furan rings is 1. The molecule has 1 N–H and O–H groups in total. The van der Waals surface area contributed by atoms with Crippen LogP contribution < -0.4 is 10.9 Å². The molecule has 2 aliphatic rings. The first-order chi connectivity index (χ1) is 18.6. The molecule has 194 valence electrons. The van der Waals surface area contributed by atoms with E-state index in [1.165, 1.54) is 23.7 Å². The van der Waals surface area contributed by atoms with Gasteiger partial charge in [-0.1, -0.05) is 85.6 Å². The van der Waals surface area contributed by atoms with Gasteiger partial charge in [-0.25, -0.2) is 4.98 Å². The summed E-state index contributed by atoms with van der Waals surface area (Å²) in [5.41, 5.74) is 4.89. The van der Waals surface area contributed by atoms with Gasteiger partial charge in [0.05, 0.1) is 36.4 Å². The highest BCUT2D eigenvalue weighted by atomic mass is 32.2. The van der Waals surface area contributed by atoms with Crippen LogP contribution in [0.4, 0.5) is 0 Å². The number of nitrogens with one attached hydrogen (secondary N) is 1. The average Bonchev–Trinajstić information content (AvgIpc) is 3.47. The summed E-state index contributed by atoms with van der Waals surface area (Å²) in [5, 5.41) is 3.47. The number of benzene rings is 2. The Labute approximate surface area is 226 Å². The second-order valence-electron chi connectivity index (χ2n) is 10.3. The number of rotatable bonds is 7. The number of hydrogen-bond donors (Lipinski definition) is 1. The molecule has 0 bridgehead atoms. The molecule has 0 saturated heterocycles. The van der Waals surface area contributed by atoms with Crippen LogP contribution in [0.25, 0.3) is 11.3 Å². The zero-order chi connectivity index (χ0) is 26.0. The first-order valence-corrected chi connectivity index (χ1v) is 14.3. The molecule has 0 aliphatic heterocycles. The molecule has 1 amide bonds. The third kappa shape index (κ3) is 4.83. The lowest BCUT2D eigenvalue weighted by molar-refractivity contribution is -0.118. The molecule has 2 aromatic heterocycles. The van der Waals surface area contributed by atoms with Gasteiger partial charge in [0.15, 0.2) is 5.16 Å². The minimum absolute atomic E-state index is 0.0359. The molecule has 4 aromatic rings. The van der Waals surface area contributed by atoms with Crippen molar-refractivity contribution in [2.75, 3.05) is 5.75 Å². The zero-order valence-corrected chi connectivity index (χ0v) is 22.1. The Balaban J connectivity index is 1.41.